The minimum absolute atomic E-state index is 0.378. The maximum atomic E-state index is 13.1. The topological polar surface area (TPSA) is 110 Å². The van der Waals surface area contributed by atoms with Gasteiger partial charge < -0.3 is 14.0 Å². The Hall–Kier alpha value is -2.24. The van der Waals surface area contributed by atoms with Gasteiger partial charge in [0.05, 0.1) is 29.5 Å². The highest BCUT2D eigenvalue weighted by Crippen LogP contribution is 2.26. The molecule has 0 aliphatic heterocycles. The smallest absolute Gasteiger partial charge is 0.266 e. The van der Waals surface area contributed by atoms with Crippen LogP contribution in [0.4, 0.5) is 5.95 Å². The average molecular weight is 451 g/mol. The second-order valence-corrected chi connectivity index (χ2v) is 8.36. The number of benzene rings is 1. The molecule has 3 rings (SSSR count). The Bertz CT molecular complexity index is 928. The first-order chi connectivity index (χ1) is 14.5. The highest BCUT2D eigenvalue weighted by Gasteiger charge is 2.33. The van der Waals surface area contributed by atoms with Gasteiger partial charge in [-0.3, -0.25) is 4.57 Å². The van der Waals surface area contributed by atoms with Crippen LogP contribution in [-0.2, 0) is 27.4 Å². The lowest BCUT2D eigenvalue weighted by atomic mass is 10.2. The molecule has 11 heteroatoms. The van der Waals surface area contributed by atoms with Crippen molar-refractivity contribution >= 4 is 28.9 Å². The van der Waals surface area contributed by atoms with E-state index in [4.69, 9.17) is 21.1 Å². The zero-order valence-electron chi connectivity index (χ0n) is 16.9. The Morgan fingerprint density at radius 2 is 1.87 bits per heavy atom. The molecule has 30 heavy (non-hydrogen) atoms. The van der Waals surface area contributed by atoms with Gasteiger partial charge in [0.1, 0.15) is 0 Å². The van der Waals surface area contributed by atoms with Crippen molar-refractivity contribution in [3.05, 3.63) is 53.6 Å². The molecule has 9 nitrogen and oxygen atoms in total. The maximum Gasteiger partial charge on any atom is 0.266 e. The molecule has 2 heterocycles. The van der Waals surface area contributed by atoms with Gasteiger partial charge in [0.25, 0.3) is 5.95 Å². The third-order valence-corrected chi connectivity index (χ3v) is 5.91. The number of anilines is 1. The van der Waals surface area contributed by atoms with E-state index in [9.17, 15) is 4.55 Å². The predicted molar refractivity (Wildman–Crippen MR) is 115 cm³/mol. The van der Waals surface area contributed by atoms with E-state index in [1.54, 1.807) is 14.0 Å². The van der Waals surface area contributed by atoms with Gasteiger partial charge in [0, 0.05) is 32.2 Å². The van der Waals surface area contributed by atoms with Gasteiger partial charge in [0.2, 0.25) is 0 Å². The van der Waals surface area contributed by atoms with Crippen molar-refractivity contribution in [1.29, 1.82) is 0 Å². The van der Waals surface area contributed by atoms with Gasteiger partial charge in [-0.25, -0.2) is 9.97 Å². The summed E-state index contributed by atoms with van der Waals surface area (Å²) in [6.07, 6.45) is 2.36. The lowest BCUT2D eigenvalue weighted by molar-refractivity contribution is 0.0950. The number of hydrogen-bond donors (Lipinski definition) is 1. The van der Waals surface area contributed by atoms with E-state index in [2.05, 4.69) is 24.9 Å². The molecule has 0 saturated carbocycles. The Morgan fingerprint density at radius 1 is 1.17 bits per heavy atom. The maximum absolute atomic E-state index is 13.1. The third-order valence-electron chi connectivity index (χ3n) is 4.41. The van der Waals surface area contributed by atoms with Gasteiger partial charge in [0.15, 0.2) is 23.0 Å². The van der Waals surface area contributed by atoms with Gasteiger partial charge in [-0.05, 0) is 6.92 Å². The van der Waals surface area contributed by atoms with Crippen molar-refractivity contribution in [3.8, 4) is 11.4 Å². The van der Waals surface area contributed by atoms with Crippen LogP contribution in [-0.4, -0.2) is 55.4 Å². The lowest BCUT2D eigenvalue weighted by Crippen LogP contribution is -2.33. The molecule has 0 aliphatic carbocycles. The molecular formula is C19H23ClN6O3S. The number of nitrogens with zero attached hydrogens (tertiary/aromatic N) is 5. The van der Waals surface area contributed by atoms with E-state index in [0.29, 0.717) is 35.8 Å². The summed E-state index contributed by atoms with van der Waals surface area (Å²) in [6.45, 7) is 2.73. The zero-order chi connectivity index (χ0) is 21.5. The van der Waals surface area contributed by atoms with Crippen LogP contribution in [0.1, 0.15) is 18.9 Å². The molecule has 3 aromatic rings. The van der Waals surface area contributed by atoms with Crippen LogP contribution < -0.4 is 4.72 Å². The summed E-state index contributed by atoms with van der Waals surface area (Å²) >= 11 is 4.29. The molecule has 0 aliphatic rings. The highest BCUT2D eigenvalue weighted by atomic mass is 35.5. The summed E-state index contributed by atoms with van der Waals surface area (Å²) in [4.78, 5) is 8.36. The van der Waals surface area contributed by atoms with E-state index in [1.807, 2.05) is 34.9 Å². The summed E-state index contributed by atoms with van der Waals surface area (Å²) in [6, 6.07) is 9.66. The summed E-state index contributed by atoms with van der Waals surface area (Å²) in [5.41, 5.74) is 0.900. The number of aromatic nitrogens is 5. The van der Waals surface area contributed by atoms with E-state index in [1.165, 1.54) is 19.5 Å². The van der Waals surface area contributed by atoms with E-state index < -0.39 is 22.7 Å². The summed E-state index contributed by atoms with van der Waals surface area (Å²) in [5.74, 6) is 1.43. The first-order valence-electron chi connectivity index (χ1n) is 9.20. The molecule has 0 amide bonds. The van der Waals surface area contributed by atoms with Crippen LogP contribution >= 0.6 is 11.6 Å². The summed E-state index contributed by atoms with van der Waals surface area (Å²) in [5, 5.41) is 8.41. The van der Waals surface area contributed by atoms with Gasteiger partial charge >= 0.3 is 0 Å². The van der Waals surface area contributed by atoms with Crippen molar-refractivity contribution in [2.24, 2.45) is 0 Å². The minimum Gasteiger partial charge on any atom is -0.593 e. The monoisotopic (exact) mass is 450 g/mol. The summed E-state index contributed by atoms with van der Waals surface area (Å²) in [7, 11) is 3.14. The van der Waals surface area contributed by atoms with Crippen LogP contribution in [0, 0.1) is 0 Å². The standard InChI is InChI=1S/C19H23ClN6O3S/c1-13(16(29-3)17-21-11-15(20)12-22-17)30(27)25-19-24-23-18(26(19)9-10-28-2)14-7-5-4-6-8-14/h4-8,11-13,16H,9-10H2,1-3H3,(H,24,25). The van der Waals surface area contributed by atoms with Gasteiger partial charge in [-0.2, -0.15) is 4.72 Å². The number of ether oxygens (including phenoxy) is 2. The minimum atomic E-state index is -1.56. The Labute approximate surface area is 183 Å². The molecular weight excluding hydrogens is 428 g/mol. The Kier molecular flexibility index (Phi) is 8.00. The average Bonchev–Trinajstić information content (AvgIpc) is 3.16. The molecule has 3 atom stereocenters. The SMILES string of the molecule is COCCn1c(N[S+]([O-])C(C)C(OC)c2ncc(Cl)cn2)nnc1-c1ccccc1. The fourth-order valence-corrected chi connectivity index (χ4v) is 3.92. The van der Waals surface area contributed by atoms with Crippen LogP contribution in [0.5, 0.6) is 0 Å². The van der Waals surface area contributed by atoms with Crippen LogP contribution in [0.15, 0.2) is 42.7 Å². The molecule has 3 unspecified atom stereocenters. The Balaban J connectivity index is 1.81. The fraction of sp³-hybridized carbons (Fsp3) is 0.368. The molecule has 1 aromatic carbocycles. The van der Waals surface area contributed by atoms with Crippen molar-refractivity contribution < 1.29 is 14.0 Å². The van der Waals surface area contributed by atoms with Crippen molar-refractivity contribution in [1.82, 2.24) is 24.7 Å². The number of rotatable bonds is 10. The van der Waals surface area contributed by atoms with Crippen LogP contribution in [0.2, 0.25) is 5.02 Å². The molecule has 0 bridgehead atoms. The number of halogens is 1. The van der Waals surface area contributed by atoms with E-state index >= 15 is 0 Å². The zero-order valence-corrected chi connectivity index (χ0v) is 18.4. The van der Waals surface area contributed by atoms with E-state index in [-0.39, 0.29) is 0 Å². The first kappa shape index (κ1) is 22.4. The van der Waals surface area contributed by atoms with Gasteiger partial charge in [-0.1, -0.05) is 41.9 Å². The Morgan fingerprint density at radius 3 is 2.50 bits per heavy atom. The largest absolute Gasteiger partial charge is 0.593 e. The number of hydrogen-bond acceptors (Lipinski definition) is 8. The first-order valence-corrected chi connectivity index (χ1v) is 10.8. The molecule has 1 N–H and O–H groups in total. The molecule has 160 valence electrons. The lowest BCUT2D eigenvalue weighted by Gasteiger charge is -2.24. The number of nitrogens with one attached hydrogen (secondary N) is 1. The van der Waals surface area contributed by atoms with Crippen LogP contribution in [0.25, 0.3) is 11.4 Å². The molecule has 2 aromatic heterocycles. The quantitative estimate of drug-likeness (QED) is 0.469. The predicted octanol–water partition coefficient (Wildman–Crippen LogP) is 2.89. The van der Waals surface area contributed by atoms with E-state index in [0.717, 1.165) is 5.56 Å². The fourth-order valence-electron chi connectivity index (χ4n) is 2.85. The molecule has 0 fully saturated rings. The second-order valence-electron chi connectivity index (χ2n) is 6.38. The number of methoxy groups -OCH3 is 2. The van der Waals surface area contributed by atoms with Gasteiger partial charge in [-0.15, -0.1) is 10.2 Å². The van der Waals surface area contributed by atoms with Crippen molar-refractivity contribution in [2.45, 2.75) is 24.8 Å². The van der Waals surface area contributed by atoms with Crippen LogP contribution in [0.3, 0.4) is 0 Å². The highest BCUT2D eigenvalue weighted by molar-refractivity contribution is 7.93. The third kappa shape index (κ3) is 5.27. The molecule has 0 radical (unpaired) electrons. The van der Waals surface area contributed by atoms with Crippen molar-refractivity contribution in [2.75, 3.05) is 25.5 Å². The normalized spacial score (nSPS) is 14.3. The second kappa shape index (κ2) is 10.7. The summed E-state index contributed by atoms with van der Waals surface area (Å²) < 4.78 is 28.5. The van der Waals surface area contributed by atoms with Crippen molar-refractivity contribution in [3.63, 3.8) is 0 Å². The molecule has 0 saturated heterocycles. The molecule has 0 spiro atoms.